The molecule has 3 aromatic carbocycles. The van der Waals surface area contributed by atoms with Crippen molar-refractivity contribution in [3.63, 3.8) is 0 Å². The number of nitrogens with one attached hydrogen (secondary N) is 2. The minimum Gasteiger partial charge on any atom is -0.308 e. The molecule has 0 atom stereocenters. The van der Waals surface area contributed by atoms with Crippen molar-refractivity contribution in [2.45, 2.75) is 6.42 Å². The SMILES string of the molecule is O=C(Nc1ccccc1)Nc1ccc(CC(=O)c2ccccc2Cl)cc1. The predicted octanol–water partition coefficient (Wildman–Crippen LogP) is 5.41. The summed E-state index contributed by atoms with van der Waals surface area (Å²) in [6.07, 6.45) is 0.250. The van der Waals surface area contributed by atoms with Crippen LogP contribution in [0.3, 0.4) is 0 Å². The average Bonchev–Trinajstić information content (AvgIpc) is 2.64. The van der Waals surface area contributed by atoms with Crippen LogP contribution >= 0.6 is 11.6 Å². The van der Waals surface area contributed by atoms with Crippen LogP contribution < -0.4 is 10.6 Å². The number of ketones is 1. The summed E-state index contributed by atoms with van der Waals surface area (Å²) in [5.41, 5.74) is 2.72. The fourth-order valence-corrected chi connectivity index (χ4v) is 2.73. The van der Waals surface area contributed by atoms with Crippen LogP contribution in [-0.4, -0.2) is 11.8 Å². The second-order valence-corrected chi connectivity index (χ2v) is 6.13. The van der Waals surface area contributed by atoms with Gasteiger partial charge in [0, 0.05) is 23.4 Å². The van der Waals surface area contributed by atoms with Crippen molar-refractivity contribution in [2.24, 2.45) is 0 Å². The molecule has 0 fully saturated rings. The maximum absolute atomic E-state index is 12.3. The van der Waals surface area contributed by atoms with E-state index >= 15 is 0 Å². The third kappa shape index (κ3) is 4.71. The summed E-state index contributed by atoms with van der Waals surface area (Å²) < 4.78 is 0. The minimum absolute atomic E-state index is 0.0434. The summed E-state index contributed by atoms with van der Waals surface area (Å²) in [7, 11) is 0. The molecule has 2 amide bonds. The smallest absolute Gasteiger partial charge is 0.308 e. The lowest BCUT2D eigenvalue weighted by molar-refractivity contribution is 0.0993. The van der Waals surface area contributed by atoms with Crippen LogP contribution in [0.25, 0.3) is 0 Å². The molecule has 2 N–H and O–H groups in total. The standard InChI is InChI=1S/C21H17ClN2O2/c22-19-9-5-4-8-18(19)20(25)14-15-10-12-17(13-11-15)24-21(26)23-16-6-2-1-3-7-16/h1-13H,14H2,(H2,23,24,26). The van der Waals surface area contributed by atoms with E-state index in [0.29, 0.717) is 22.0 Å². The fraction of sp³-hybridized carbons (Fsp3) is 0.0476. The van der Waals surface area contributed by atoms with E-state index in [1.165, 1.54) is 0 Å². The lowest BCUT2D eigenvalue weighted by Gasteiger charge is -2.08. The summed E-state index contributed by atoms with van der Waals surface area (Å²) in [6, 6.07) is 23.0. The Morgan fingerprint density at radius 3 is 1.96 bits per heavy atom. The fourth-order valence-electron chi connectivity index (χ4n) is 2.49. The quantitative estimate of drug-likeness (QED) is 0.595. The molecule has 0 unspecified atom stereocenters. The van der Waals surface area contributed by atoms with Gasteiger partial charge in [0.25, 0.3) is 0 Å². The molecule has 0 saturated carbocycles. The molecule has 0 spiro atoms. The normalized spacial score (nSPS) is 10.2. The molecule has 3 rings (SSSR count). The van der Waals surface area contributed by atoms with Crippen molar-refractivity contribution >= 4 is 34.8 Å². The van der Waals surface area contributed by atoms with Gasteiger partial charge in [-0.05, 0) is 42.0 Å². The Hall–Kier alpha value is -3.11. The molecule has 0 aromatic heterocycles. The molecule has 0 aliphatic rings. The van der Waals surface area contributed by atoms with Crippen molar-refractivity contribution in [1.82, 2.24) is 0 Å². The van der Waals surface area contributed by atoms with Crippen molar-refractivity contribution < 1.29 is 9.59 Å². The number of hydrogen-bond donors (Lipinski definition) is 2. The molecule has 0 heterocycles. The van der Waals surface area contributed by atoms with Gasteiger partial charge < -0.3 is 10.6 Å². The van der Waals surface area contributed by atoms with Gasteiger partial charge in [-0.3, -0.25) is 4.79 Å². The molecular weight excluding hydrogens is 348 g/mol. The molecule has 26 heavy (non-hydrogen) atoms. The first-order chi connectivity index (χ1) is 12.6. The number of rotatable bonds is 5. The number of hydrogen-bond acceptors (Lipinski definition) is 2. The molecule has 0 bridgehead atoms. The highest BCUT2D eigenvalue weighted by molar-refractivity contribution is 6.34. The molecule has 5 heteroatoms. The number of carbonyl (C=O) groups excluding carboxylic acids is 2. The maximum atomic E-state index is 12.3. The topological polar surface area (TPSA) is 58.2 Å². The Kier molecular flexibility index (Phi) is 5.66. The second-order valence-electron chi connectivity index (χ2n) is 5.72. The highest BCUT2D eigenvalue weighted by atomic mass is 35.5. The Labute approximate surface area is 156 Å². The number of para-hydroxylation sites is 1. The monoisotopic (exact) mass is 364 g/mol. The zero-order chi connectivity index (χ0) is 18.4. The summed E-state index contributed by atoms with van der Waals surface area (Å²) in [6.45, 7) is 0. The number of benzene rings is 3. The maximum Gasteiger partial charge on any atom is 0.323 e. The number of anilines is 2. The zero-order valence-electron chi connectivity index (χ0n) is 13.9. The number of amides is 2. The Morgan fingerprint density at radius 2 is 1.31 bits per heavy atom. The van der Waals surface area contributed by atoms with Crippen molar-refractivity contribution in [3.05, 3.63) is 95.0 Å². The number of carbonyl (C=O) groups is 2. The van der Waals surface area contributed by atoms with Crippen LogP contribution in [0.4, 0.5) is 16.2 Å². The molecule has 0 aliphatic carbocycles. The third-order valence-corrected chi connectivity index (χ3v) is 4.11. The number of Topliss-reactive ketones (excluding diaryl/α,β-unsaturated/α-hetero) is 1. The number of halogens is 1. The molecule has 0 aliphatic heterocycles. The minimum atomic E-state index is -0.323. The lowest BCUT2D eigenvalue weighted by atomic mass is 10.0. The van der Waals surface area contributed by atoms with Crippen molar-refractivity contribution in [1.29, 1.82) is 0 Å². The molecule has 0 radical (unpaired) electrons. The molecule has 4 nitrogen and oxygen atoms in total. The van der Waals surface area contributed by atoms with Crippen LogP contribution in [0.2, 0.25) is 5.02 Å². The van der Waals surface area contributed by atoms with Crippen LogP contribution in [0.15, 0.2) is 78.9 Å². The Balaban J connectivity index is 1.59. The average molecular weight is 365 g/mol. The van der Waals surface area contributed by atoms with Crippen molar-refractivity contribution in [3.8, 4) is 0 Å². The van der Waals surface area contributed by atoms with Gasteiger partial charge in [-0.25, -0.2) is 4.79 Å². The van der Waals surface area contributed by atoms with Crippen LogP contribution in [0.1, 0.15) is 15.9 Å². The van der Waals surface area contributed by atoms with Crippen LogP contribution in [0.5, 0.6) is 0 Å². The first-order valence-corrected chi connectivity index (χ1v) is 8.49. The van der Waals surface area contributed by atoms with Gasteiger partial charge in [-0.2, -0.15) is 0 Å². The Bertz CT molecular complexity index is 909. The molecular formula is C21H17ClN2O2. The highest BCUT2D eigenvalue weighted by Gasteiger charge is 2.10. The van der Waals surface area contributed by atoms with Crippen LogP contribution in [0, 0.1) is 0 Å². The number of urea groups is 1. The molecule has 3 aromatic rings. The van der Waals surface area contributed by atoms with Gasteiger partial charge in [0.1, 0.15) is 0 Å². The van der Waals surface area contributed by atoms with E-state index < -0.39 is 0 Å². The van der Waals surface area contributed by atoms with Gasteiger partial charge in [0.05, 0.1) is 5.02 Å². The molecule has 130 valence electrons. The molecule has 0 saturated heterocycles. The summed E-state index contributed by atoms with van der Waals surface area (Å²) in [5, 5.41) is 5.95. The van der Waals surface area contributed by atoms with E-state index in [0.717, 1.165) is 5.56 Å². The van der Waals surface area contributed by atoms with E-state index in [2.05, 4.69) is 10.6 Å². The summed E-state index contributed by atoms with van der Waals surface area (Å²) in [5.74, 6) is -0.0434. The summed E-state index contributed by atoms with van der Waals surface area (Å²) in [4.78, 5) is 24.3. The van der Waals surface area contributed by atoms with Gasteiger partial charge in [-0.1, -0.05) is 54.1 Å². The van der Waals surface area contributed by atoms with E-state index in [1.807, 2.05) is 42.5 Å². The van der Waals surface area contributed by atoms with Gasteiger partial charge in [0.2, 0.25) is 0 Å². The van der Waals surface area contributed by atoms with Gasteiger partial charge in [-0.15, -0.1) is 0 Å². The third-order valence-electron chi connectivity index (χ3n) is 3.78. The highest BCUT2D eigenvalue weighted by Crippen LogP contribution is 2.18. The first-order valence-electron chi connectivity index (χ1n) is 8.11. The van der Waals surface area contributed by atoms with Crippen LogP contribution in [-0.2, 0) is 6.42 Å². The largest absolute Gasteiger partial charge is 0.323 e. The summed E-state index contributed by atoms with van der Waals surface area (Å²) >= 11 is 6.06. The van der Waals surface area contributed by atoms with Gasteiger partial charge in [0.15, 0.2) is 5.78 Å². The van der Waals surface area contributed by atoms with E-state index in [-0.39, 0.29) is 18.2 Å². The second kappa shape index (κ2) is 8.32. The van der Waals surface area contributed by atoms with Crippen molar-refractivity contribution in [2.75, 3.05) is 10.6 Å². The Morgan fingerprint density at radius 1 is 0.731 bits per heavy atom. The van der Waals surface area contributed by atoms with E-state index in [9.17, 15) is 9.59 Å². The predicted molar refractivity (Wildman–Crippen MR) is 105 cm³/mol. The zero-order valence-corrected chi connectivity index (χ0v) is 14.7. The van der Waals surface area contributed by atoms with E-state index in [1.54, 1.807) is 36.4 Å². The van der Waals surface area contributed by atoms with Gasteiger partial charge >= 0.3 is 6.03 Å². The lowest BCUT2D eigenvalue weighted by Crippen LogP contribution is -2.19. The first kappa shape index (κ1) is 17.7. The van der Waals surface area contributed by atoms with E-state index in [4.69, 9.17) is 11.6 Å².